The van der Waals surface area contributed by atoms with Gasteiger partial charge in [0.15, 0.2) is 29.4 Å². The highest BCUT2D eigenvalue weighted by atomic mass is 16.6. The number of amides is 1. The molecule has 3 aromatic carbocycles. The Morgan fingerprint density at radius 3 is 2.25 bits per heavy atom. The van der Waals surface area contributed by atoms with Gasteiger partial charge in [-0.25, -0.2) is 19.7 Å². The van der Waals surface area contributed by atoms with Gasteiger partial charge in [0.1, 0.15) is 31.8 Å². The summed E-state index contributed by atoms with van der Waals surface area (Å²) >= 11 is 0. The van der Waals surface area contributed by atoms with E-state index in [9.17, 15) is 14.9 Å². The Kier molecular flexibility index (Phi) is 15.6. The third-order valence-corrected chi connectivity index (χ3v) is 8.62. The first kappa shape index (κ1) is 40.3. The zero-order valence-corrected chi connectivity index (χ0v) is 31.3. The number of alkyl carbamates (subject to hydrolysis) is 1. The van der Waals surface area contributed by atoms with E-state index in [-0.39, 0.29) is 32.3 Å². The molecule has 4 rings (SSSR count). The van der Waals surface area contributed by atoms with Gasteiger partial charge in [-0.2, -0.15) is 5.26 Å². The van der Waals surface area contributed by atoms with Crippen molar-refractivity contribution in [2.45, 2.75) is 66.4 Å². The molecule has 0 aliphatic carbocycles. The molecule has 11 heteroatoms. The Balaban J connectivity index is 1.56. The van der Waals surface area contributed by atoms with Crippen molar-refractivity contribution in [3.8, 4) is 46.0 Å². The van der Waals surface area contributed by atoms with Gasteiger partial charge in [-0.05, 0) is 62.9 Å². The number of ether oxygens (including phenoxy) is 4. The molecule has 0 fully saturated rings. The average molecular weight is 720 g/mol. The number of ketones is 1. The Labute approximate surface area is 312 Å². The summed E-state index contributed by atoms with van der Waals surface area (Å²) in [5.41, 5.74) is 5.79. The molecule has 1 N–H and O–H groups in total. The van der Waals surface area contributed by atoms with Gasteiger partial charge >= 0.3 is 6.09 Å². The van der Waals surface area contributed by atoms with Gasteiger partial charge in [0.25, 0.3) is 0 Å². The quantitative estimate of drug-likeness (QED) is 0.0540. The largest absolute Gasteiger partial charge is 0.490 e. The first-order valence-electron chi connectivity index (χ1n) is 18.0. The maximum absolute atomic E-state index is 12.6. The number of hydrogen-bond acceptors (Lipinski definition) is 10. The van der Waals surface area contributed by atoms with Crippen molar-refractivity contribution in [2.24, 2.45) is 5.92 Å². The van der Waals surface area contributed by atoms with Crippen molar-refractivity contribution in [1.29, 1.82) is 5.26 Å². The second kappa shape index (κ2) is 20.6. The summed E-state index contributed by atoms with van der Waals surface area (Å²) < 4.78 is 22.8. The van der Waals surface area contributed by atoms with Crippen molar-refractivity contribution in [3.63, 3.8) is 0 Å². The molecule has 0 spiro atoms. The standard InChI is InChI=1S/C42H49N5O6/c1-7-10-11-31(8-2)23-50-25-36(53-42(49)44-27-51-24-34(48)9-3)26-52-35-17-19-38(33(21-35)22-43)41-46-39(32-15-12-28(4)13-16-32)45-40(47-41)37-18-14-29(5)20-30(37)6/h9,12-21,31,36H,3,7-8,10-11,23-27H2,1-2,4-6H3,(H,44,49). The third kappa shape index (κ3) is 12.3. The summed E-state index contributed by atoms with van der Waals surface area (Å²) in [6.45, 7) is 13.9. The van der Waals surface area contributed by atoms with Gasteiger partial charge in [-0.1, -0.05) is 93.3 Å². The lowest BCUT2D eigenvalue weighted by Crippen LogP contribution is -2.36. The van der Waals surface area contributed by atoms with E-state index in [4.69, 9.17) is 33.9 Å². The van der Waals surface area contributed by atoms with Crippen molar-refractivity contribution in [1.82, 2.24) is 20.3 Å². The van der Waals surface area contributed by atoms with Crippen LogP contribution in [-0.4, -0.2) is 66.1 Å². The highest BCUT2D eigenvalue weighted by Gasteiger charge is 2.20. The Hall–Kier alpha value is -5.44. The van der Waals surface area contributed by atoms with Crippen LogP contribution in [0.25, 0.3) is 34.2 Å². The number of nitrogens with zero attached hydrogens (tertiary/aromatic N) is 4. The van der Waals surface area contributed by atoms with Gasteiger partial charge in [-0.3, -0.25) is 10.1 Å². The number of carbonyl (C=O) groups is 2. The normalized spacial score (nSPS) is 12.0. The molecule has 0 aliphatic rings. The first-order chi connectivity index (χ1) is 25.6. The Bertz CT molecular complexity index is 1890. The summed E-state index contributed by atoms with van der Waals surface area (Å²) in [5, 5.41) is 12.7. The Morgan fingerprint density at radius 1 is 0.868 bits per heavy atom. The summed E-state index contributed by atoms with van der Waals surface area (Å²) in [6.07, 6.45) is 3.87. The van der Waals surface area contributed by atoms with Crippen molar-refractivity contribution < 1.29 is 28.5 Å². The maximum atomic E-state index is 12.6. The van der Waals surface area contributed by atoms with Crippen molar-refractivity contribution in [3.05, 3.63) is 95.6 Å². The van der Waals surface area contributed by atoms with Crippen molar-refractivity contribution in [2.75, 3.05) is 33.2 Å². The van der Waals surface area contributed by atoms with E-state index in [1.807, 2.05) is 57.2 Å². The molecule has 0 bridgehead atoms. The van der Waals surface area contributed by atoms with Crippen LogP contribution in [0.1, 0.15) is 61.8 Å². The van der Waals surface area contributed by atoms with E-state index in [0.29, 0.717) is 46.9 Å². The molecule has 2 atom stereocenters. The molecule has 4 aromatic rings. The number of nitrogens with one attached hydrogen (secondary N) is 1. The van der Waals surface area contributed by atoms with E-state index >= 15 is 0 Å². The molecule has 278 valence electrons. The molecule has 11 nitrogen and oxygen atoms in total. The van der Waals surface area contributed by atoms with E-state index in [1.54, 1.807) is 18.2 Å². The highest BCUT2D eigenvalue weighted by molar-refractivity contribution is 5.90. The predicted molar refractivity (Wildman–Crippen MR) is 204 cm³/mol. The van der Waals surface area contributed by atoms with Crippen LogP contribution in [0, 0.1) is 38.0 Å². The number of aromatic nitrogens is 3. The lowest BCUT2D eigenvalue weighted by Gasteiger charge is -2.21. The summed E-state index contributed by atoms with van der Waals surface area (Å²) in [6, 6.07) is 21.4. The zero-order valence-electron chi connectivity index (χ0n) is 31.3. The van der Waals surface area contributed by atoms with Crippen LogP contribution in [0.3, 0.4) is 0 Å². The third-order valence-electron chi connectivity index (χ3n) is 8.62. The number of unbranched alkanes of at least 4 members (excludes halogenated alkanes) is 1. The van der Waals surface area contributed by atoms with Gasteiger partial charge in [0.2, 0.25) is 0 Å². The van der Waals surface area contributed by atoms with Crippen LogP contribution in [0.4, 0.5) is 4.79 Å². The molecular weight excluding hydrogens is 670 g/mol. The fourth-order valence-corrected chi connectivity index (χ4v) is 5.50. The minimum atomic E-state index is -0.778. The number of carbonyl (C=O) groups excluding carboxylic acids is 2. The van der Waals surface area contributed by atoms with Crippen LogP contribution >= 0.6 is 0 Å². The fraction of sp³-hybridized carbons (Fsp3) is 0.381. The number of nitriles is 1. The fourth-order valence-electron chi connectivity index (χ4n) is 5.50. The predicted octanol–water partition coefficient (Wildman–Crippen LogP) is 8.11. The second-order valence-corrected chi connectivity index (χ2v) is 12.9. The highest BCUT2D eigenvalue weighted by Crippen LogP contribution is 2.30. The molecule has 0 radical (unpaired) electrons. The van der Waals surface area contributed by atoms with E-state index in [1.165, 1.54) is 0 Å². The summed E-state index contributed by atoms with van der Waals surface area (Å²) in [4.78, 5) is 38.5. The molecule has 0 aliphatic heterocycles. The maximum Gasteiger partial charge on any atom is 0.409 e. The molecular formula is C42H49N5O6. The second-order valence-electron chi connectivity index (χ2n) is 12.9. The number of aryl methyl sites for hydroxylation is 3. The van der Waals surface area contributed by atoms with Crippen LogP contribution < -0.4 is 10.1 Å². The molecule has 1 aromatic heterocycles. The van der Waals surface area contributed by atoms with E-state index in [0.717, 1.165) is 59.6 Å². The first-order valence-corrected chi connectivity index (χ1v) is 18.0. The number of hydrogen-bond donors (Lipinski definition) is 1. The number of rotatable bonds is 20. The Morgan fingerprint density at radius 2 is 1.57 bits per heavy atom. The minimum absolute atomic E-state index is 0.0423. The van der Waals surface area contributed by atoms with Gasteiger partial charge in [0.05, 0.1) is 12.2 Å². The monoisotopic (exact) mass is 719 g/mol. The van der Waals surface area contributed by atoms with E-state index in [2.05, 4.69) is 37.9 Å². The van der Waals surface area contributed by atoms with Crippen LogP contribution in [0.2, 0.25) is 0 Å². The smallest absolute Gasteiger partial charge is 0.409 e. The van der Waals surface area contributed by atoms with Crippen LogP contribution in [-0.2, 0) is 19.0 Å². The minimum Gasteiger partial charge on any atom is -0.490 e. The van der Waals surface area contributed by atoms with Crippen molar-refractivity contribution >= 4 is 11.9 Å². The lowest BCUT2D eigenvalue weighted by molar-refractivity contribution is -0.119. The van der Waals surface area contributed by atoms with Crippen LogP contribution in [0.5, 0.6) is 5.75 Å². The molecule has 2 unspecified atom stereocenters. The zero-order chi connectivity index (χ0) is 38.2. The topological polar surface area (TPSA) is 146 Å². The summed E-state index contributed by atoms with van der Waals surface area (Å²) in [7, 11) is 0. The van der Waals surface area contributed by atoms with Crippen LogP contribution in [0.15, 0.2) is 73.3 Å². The number of benzene rings is 3. The van der Waals surface area contributed by atoms with Gasteiger partial charge < -0.3 is 18.9 Å². The lowest BCUT2D eigenvalue weighted by atomic mass is 10.0. The molecule has 1 amide bonds. The average Bonchev–Trinajstić information content (AvgIpc) is 3.16. The van der Waals surface area contributed by atoms with E-state index < -0.39 is 12.2 Å². The summed E-state index contributed by atoms with van der Waals surface area (Å²) in [5.74, 6) is 1.82. The molecule has 1 heterocycles. The molecule has 0 saturated heterocycles. The SMILES string of the molecule is C=CC(=O)COCNC(=O)OC(COCC(CC)CCCC)COc1ccc(-c2nc(-c3ccc(C)cc3)nc(-c3ccc(C)cc3C)n2)c(C#N)c1. The molecule has 53 heavy (non-hydrogen) atoms. The molecule has 0 saturated carbocycles. The van der Waals surface area contributed by atoms with Gasteiger partial charge in [-0.15, -0.1) is 0 Å². The van der Waals surface area contributed by atoms with Gasteiger partial charge in [0, 0.05) is 23.3 Å².